The Morgan fingerprint density at radius 1 is 1.23 bits per heavy atom. The first-order chi connectivity index (χ1) is 14.3. The number of hydrogen-bond donors (Lipinski definition) is 1. The van der Waals surface area contributed by atoms with Gasteiger partial charge in [0.1, 0.15) is 12.3 Å². The lowest BCUT2D eigenvalue weighted by Gasteiger charge is -2.31. The van der Waals surface area contributed by atoms with Crippen LogP contribution in [0.5, 0.6) is 0 Å². The predicted octanol–water partition coefficient (Wildman–Crippen LogP) is 1.99. The maximum absolute atomic E-state index is 12.7. The molecule has 0 unspecified atom stereocenters. The van der Waals surface area contributed by atoms with E-state index in [9.17, 15) is 24.4 Å². The first-order valence-corrected chi connectivity index (χ1v) is 10.2. The van der Waals surface area contributed by atoms with Crippen molar-refractivity contribution in [2.75, 3.05) is 19.5 Å². The highest BCUT2D eigenvalue weighted by Crippen LogP contribution is 2.40. The van der Waals surface area contributed by atoms with E-state index < -0.39 is 41.9 Å². The Labute approximate surface area is 178 Å². The number of carbonyl (C=O) groups excluding carboxylic acids is 4. The number of benzene rings is 1. The highest BCUT2D eigenvalue weighted by molar-refractivity contribution is 8.03. The van der Waals surface area contributed by atoms with Crippen LogP contribution in [0.4, 0.5) is 0 Å². The van der Waals surface area contributed by atoms with Crippen molar-refractivity contribution < 1.29 is 28.7 Å². The standard InChI is InChI=1S/C21H22N2O6S/c1-4-29-16(25)9-14(24)11-30-20-15(10-22)17(13-7-5-12(2)6-8-13)18(19(26)23-20)21(27)28-3/h5-8,17-18H,4,9,11H2,1-3H3,(H,23,26)/t17-,18+/m1/s1. The van der Waals surface area contributed by atoms with E-state index in [2.05, 4.69) is 11.4 Å². The Kier molecular flexibility index (Phi) is 8.18. The van der Waals surface area contributed by atoms with Crippen LogP contribution in [0.2, 0.25) is 0 Å². The molecular formula is C21H22N2O6S. The number of amides is 1. The van der Waals surface area contributed by atoms with Crippen molar-refractivity contribution in [3.05, 3.63) is 46.0 Å². The zero-order valence-electron chi connectivity index (χ0n) is 16.9. The summed E-state index contributed by atoms with van der Waals surface area (Å²) in [6, 6.07) is 9.21. The Hall–Kier alpha value is -3.12. The number of carbonyl (C=O) groups is 4. The van der Waals surface area contributed by atoms with Gasteiger partial charge in [0.05, 0.1) is 36.1 Å². The van der Waals surface area contributed by atoms with Gasteiger partial charge in [-0.15, -0.1) is 0 Å². The maximum Gasteiger partial charge on any atom is 0.319 e. The Morgan fingerprint density at radius 2 is 1.90 bits per heavy atom. The van der Waals surface area contributed by atoms with Gasteiger partial charge in [0.2, 0.25) is 5.91 Å². The van der Waals surface area contributed by atoms with E-state index in [0.717, 1.165) is 17.3 Å². The number of esters is 2. The Balaban J connectivity index is 2.36. The van der Waals surface area contributed by atoms with Gasteiger partial charge < -0.3 is 14.8 Å². The van der Waals surface area contributed by atoms with Crippen LogP contribution in [0.1, 0.15) is 30.4 Å². The summed E-state index contributed by atoms with van der Waals surface area (Å²) in [6.45, 7) is 3.71. The molecule has 0 spiro atoms. The Morgan fingerprint density at radius 3 is 2.47 bits per heavy atom. The average Bonchev–Trinajstić information content (AvgIpc) is 2.71. The van der Waals surface area contributed by atoms with Crippen LogP contribution in [-0.4, -0.2) is 43.1 Å². The SMILES string of the molecule is CCOC(=O)CC(=O)CSC1=C(C#N)[C@@H](c2ccc(C)cc2)[C@H](C(=O)OC)C(=O)N1. The van der Waals surface area contributed by atoms with Gasteiger partial charge >= 0.3 is 11.9 Å². The molecule has 9 heteroatoms. The molecule has 0 aromatic heterocycles. The summed E-state index contributed by atoms with van der Waals surface area (Å²) in [5, 5.41) is 12.5. The van der Waals surface area contributed by atoms with E-state index in [4.69, 9.17) is 9.47 Å². The fraction of sp³-hybridized carbons (Fsp3) is 0.381. The molecule has 0 bridgehead atoms. The summed E-state index contributed by atoms with van der Waals surface area (Å²) >= 11 is 0.941. The third-order valence-electron chi connectivity index (χ3n) is 4.44. The smallest absolute Gasteiger partial charge is 0.319 e. The molecule has 0 aliphatic carbocycles. The summed E-state index contributed by atoms with van der Waals surface area (Å²) in [5.74, 6) is -4.62. The van der Waals surface area contributed by atoms with Crippen LogP contribution in [0.25, 0.3) is 0 Å². The second-order valence-corrected chi connectivity index (χ2v) is 7.53. The number of ketones is 1. The van der Waals surface area contributed by atoms with E-state index in [1.54, 1.807) is 19.1 Å². The molecule has 1 aromatic rings. The van der Waals surface area contributed by atoms with Crippen LogP contribution in [-0.2, 0) is 28.7 Å². The second-order valence-electron chi connectivity index (χ2n) is 6.54. The first kappa shape index (κ1) is 23.2. The summed E-state index contributed by atoms with van der Waals surface area (Å²) in [6.07, 6.45) is -0.393. The van der Waals surface area contributed by atoms with E-state index in [1.165, 1.54) is 7.11 Å². The van der Waals surface area contributed by atoms with Gasteiger partial charge in [-0.1, -0.05) is 41.6 Å². The van der Waals surface area contributed by atoms with E-state index in [1.807, 2.05) is 19.1 Å². The number of nitrogens with zero attached hydrogens (tertiary/aromatic N) is 1. The van der Waals surface area contributed by atoms with Crippen LogP contribution >= 0.6 is 11.8 Å². The molecular weight excluding hydrogens is 408 g/mol. The molecule has 0 saturated heterocycles. The summed E-state index contributed by atoms with van der Waals surface area (Å²) < 4.78 is 9.53. The minimum absolute atomic E-state index is 0.136. The minimum Gasteiger partial charge on any atom is -0.468 e. The second kappa shape index (κ2) is 10.6. The fourth-order valence-corrected chi connectivity index (χ4v) is 3.94. The molecule has 0 fully saturated rings. The number of rotatable bonds is 8. The number of thioether (sulfide) groups is 1. The van der Waals surface area contributed by atoms with E-state index >= 15 is 0 Å². The highest BCUT2D eigenvalue weighted by Gasteiger charge is 2.44. The van der Waals surface area contributed by atoms with Crippen molar-refractivity contribution in [1.29, 1.82) is 5.26 Å². The molecule has 1 heterocycles. The van der Waals surface area contributed by atoms with Crippen LogP contribution in [0.3, 0.4) is 0 Å². The molecule has 1 aliphatic rings. The molecule has 2 atom stereocenters. The molecule has 1 N–H and O–H groups in total. The number of nitrogens with one attached hydrogen (secondary N) is 1. The van der Waals surface area contributed by atoms with Crippen molar-refractivity contribution >= 4 is 35.4 Å². The van der Waals surface area contributed by atoms with Crippen LogP contribution in [0.15, 0.2) is 34.9 Å². The number of hydrogen-bond acceptors (Lipinski definition) is 8. The number of methoxy groups -OCH3 is 1. The zero-order chi connectivity index (χ0) is 22.3. The average molecular weight is 430 g/mol. The quantitative estimate of drug-likeness (QED) is 0.491. The molecule has 158 valence electrons. The lowest BCUT2D eigenvalue weighted by molar-refractivity contribution is -0.151. The summed E-state index contributed by atoms with van der Waals surface area (Å²) in [4.78, 5) is 48.5. The predicted molar refractivity (Wildman–Crippen MR) is 109 cm³/mol. The zero-order valence-corrected chi connectivity index (χ0v) is 17.7. The largest absolute Gasteiger partial charge is 0.468 e. The van der Waals surface area contributed by atoms with E-state index in [0.29, 0.717) is 5.56 Å². The minimum atomic E-state index is -1.23. The van der Waals surface area contributed by atoms with Crippen molar-refractivity contribution in [2.24, 2.45) is 5.92 Å². The highest BCUT2D eigenvalue weighted by atomic mass is 32.2. The van der Waals surface area contributed by atoms with Crippen LogP contribution < -0.4 is 5.32 Å². The van der Waals surface area contributed by atoms with Crippen LogP contribution in [0, 0.1) is 24.2 Å². The van der Waals surface area contributed by atoms with Gasteiger partial charge in [-0.05, 0) is 19.4 Å². The third kappa shape index (κ3) is 5.48. The molecule has 30 heavy (non-hydrogen) atoms. The normalized spacial score (nSPS) is 18.3. The van der Waals surface area contributed by atoms with Gasteiger partial charge in [0.25, 0.3) is 0 Å². The van der Waals surface area contributed by atoms with Crippen molar-refractivity contribution in [1.82, 2.24) is 5.32 Å². The van der Waals surface area contributed by atoms with Gasteiger partial charge in [0.15, 0.2) is 5.78 Å². The third-order valence-corrected chi connectivity index (χ3v) is 5.52. The number of ether oxygens (including phenoxy) is 2. The molecule has 8 nitrogen and oxygen atoms in total. The Bertz CT molecular complexity index is 916. The van der Waals surface area contributed by atoms with Crippen molar-refractivity contribution in [2.45, 2.75) is 26.2 Å². The first-order valence-electron chi connectivity index (χ1n) is 9.22. The molecule has 0 radical (unpaired) electrons. The molecule has 1 aromatic carbocycles. The van der Waals surface area contributed by atoms with Gasteiger partial charge in [-0.25, -0.2) is 0 Å². The maximum atomic E-state index is 12.7. The monoisotopic (exact) mass is 430 g/mol. The molecule has 2 rings (SSSR count). The number of nitriles is 1. The van der Waals surface area contributed by atoms with E-state index in [-0.39, 0.29) is 23.0 Å². The molecule has 0 saturated carbocycles. The van der Waals surface area contributed by atoms with Crippen molar-refractivity contribution in [3.8, 4) is 6.07 Å². The summed E-state index contributed by atoms with van der Waals surface area (Å²) in [7, 11) is 1.18. The number of aryl methyl sites for hydroxylation is 1. The van der Waals surface area contributed by atoms with Crippen molar-refractivity contribution in [3.63, 3.8) is 0 Å². The lowest BCUT2D eigenvalue weighted by atomic mass is 9.78. The fourth-order valence-electron chi connectivity index (χ4n) is 3.03. The summed E-state index contributed by atoms with van der Waals surface area (Å²) in [5.41, 5.74) is 1.75. The molecule has 1 amide bonds. The van der Waals surface area contributed by atoms with Gasteiger partial charge in [0, 0.05) is 5.92 Å². The lowest BCUT2D eigenvalue weighted by Crippen LogP contribution is -2.44. The topological polar surface area (TPSA) is 123 Å². The molecule has 1 aliphatic heterocycles. The number of allylic oxidation sites excluding steroid dienone is 1. The number of Topliss-reactive ketones (excluding diaryl/α,β-unsaturated/α-hetero) is 1. The van der Waals surface area contributed by atoms with Gasteiger partial charge in [-0.2, -0.15) is 5.26 Å². The van der Waals surface area contributed by atoms with Gasteiger partial charge in [-0.3, -0.25) is 19.2 Å².